The largest absolute Gasteiger partial charge is 0.486 e. The van der Waals surface area contributed by atoms with Crippen LogP contribution < -0.4 is 9.04 Å². The number of carbonyl (C=O) groups excluding carboxylic acids is 1. The van der Waals surface area contributed by atoms with Crippen LogP contribution in [0.15, 0.2) is 45.8 Å². The normalized spacial score (nSPS) is 18.8. The predicted molar refractivity (Wildman–Crippen MR) is 121 cm³/mol. The molecule has 2 aliphatic rings. The second-order valence-electron chi connectivity index (χ2n) is 7.89. The van der Waals surface area contributed by atoms with Gasteiger partial charge in [0.05, 0.1) is 35.7 Å². The summed E-state index contributed by atoms with van der Waals surface area (Å²) in [5.74, 6) is 0.136. The van der Waals surface area contributed by atoms with Gasteiger partial charge in [-0.2, -0.15) is 0 Å². The number of morpholine rings is 1. The van der Waals surface area contributed by atoms with E-state index < -0.39 is 10.0 Å². The summed E-state index contributed by atoms with van der Waals surface area (Å²) >= 11 is 6.15. The van der Waals surface area contributed by atoms with Crippen molar-refractivity contribution in [2.75, 3.05) is 37.2 Å². The van der Waals surface area contributed by atoms with Gasteiger partial charge in [0.15, 0.2) is 11.3 Å². The molecular formula is C22H22ClN3O6S. The summed E-state index contributed by atoms with van der Waals surface area (Å²) in [6.07, 6.45) is 0.336. The molecule has 0 N–H and O–H groups in total. The van der Waals surface area contributed by atoms with Gasteiger partial charge in [-0.3, -0.25) is 9.10 Å². The molecule has 0 saturated carbocycles. The van der Waals surface area contributed by atoms with E-state index in [1.807, 2.05) is 6.92 Å². The van der Waals surface area contributed by atoms with Gasteiger partial charge in [-0.1, -0.05) is 23.7 Å². The van der Waals surface area contributed by atoms with E-state index in [0.717, 1.165) is 0 Å². The molecule has 0 radical (unpaired) electrons. The molecule has 33 heavy (non-hydrogen) atoms. The summed E-state index contributed by atoms with van der Waals surface area (Å²) in [6, 6.07) is 9.32. The summed E-state index contributed by atoms with van der Waals surface area (Å²) in [5, 5.41) is 4.68. The first-order valence-electron chi connectivity index (χ1n) is 10.6. The molecule has 1 fully saturated rings. The predicted octanol–water partition coefficient (Wildman–Crippen LogP) is 3.32. The van der Waals surface area contributed by atoms with Crippen LogP contribution in [0.5, 0.6) is 5.75 Å². The van der Waals surface area contributed by atoms with Crippen molar-refractivity contribution in [1.82, 2.24) is 10.1 Å². The van der Waals surface area contributed by atoms with Gasteiger partial charge in [-0.05, 0) is 42.8 Å². The summed E-state index contributed by atoms with van der Waals surface area (Å²) in [7, 11) is -3.99. The van der Waals surface area contributed by atoms with E-state index in [1.165, 1.54) is 22.5 Å². The van der Waals surface area contributed by atoms with Gasteiger partial charge in [0.1, 0.15) is 11.9 Å². The van der Waals surface area contributed by atoms with E-state index in [2.05, 4.69) is 5.16 Å². The third-order valence-corrected chi connectivity index (χ3v) is 7.85. The Balaban J connectivity index is 1.56. The molecule has 0 aliphatic carbocycles. The zero-order chi connectivity index (χ0) is 23.2. The number of benzene rings is 2. The molecule has 0 spiro atoms. The monoisotopic (exact) mass is 491 g/mol. The first kappa shape index (κ1) is 22.0. The lowest BCUT2D eigenvalue weighted by atomic mass is 10.2. The maximum Gasteiger partial charge on any atom is 0.276 e. The Hall–Kier alpha value is -2.82. The average Bonchev–Trinajstić information content (AvgIpc) is 3.26. The number of sulfonamides is 1. The van der Waals surface area contributed by atoms with Gasteiger partial charge >= 0.3 is 0 Å². The summed E-state index contributed by atoms with van der Waals surface area (Å²) in [6.45, 7) is 3.85. The smallest absolute Gasteiger partial charge is 0.276 e. The molecule has 3 heterocycles. The molecule has 2 aromatic carbocycles. The standard InChI is InChI=1S/C22H22ClN3O6S/c1-2-15-13-26(18-11-14(23)3-5-20(18)31-15)33(28,29)16-4-6-19-17(12-16)21(24-32-19)22(27)25-7-9-30-10-8-25/h3-6,11-12,15H,2,7-10,13H2,1H3. The topological polar surface area (TPSA) is 102 Å². The van der Waals surface area contributed by atoms with E-state index in [9.17, 15) is 13.2 Å². The molecule has 1 atom stereocenters. The summed E-state index contributed by atoms with van der Waals surface area (Å²) < 4.78 is 45.3. The zero-order valence-electron chi connectivity index (χ0n) is 17.9. The number of carbonyl (C=O) groups is 1. The van der Waals surface area contributed by atoms with E-state index in [1.54, 1.807) is 23.1 Å². The van der Waals surface area contributed by atoms with Crippen LogP contribution in [0.1, 0.15) is 23.8 Å². The second kappa shape index (κ2) is 8.51. The number of halogens is 1. The maximum atomic E-state index is 13.7. The quantitative estimate of drug-likeness (QED) is 0.551. The van der Waals surface area contributed by atoms with Crippen molar-refractivity contribution < 1.29 is 27.2 Å². The van der Waals surface area contributed by atoms with Crippen LogP contribution >= 0.6 is 11.6 Å². The van der Waals surface area contributed by atoms with Gasteiger partial charge < -0.3 is 18.9 Å². The molecule has 2 aliphatic heterocycles. The van der Waals surface area contributed by atoms with E-state index in [-0.39, 0.29) is 29.1 Å². The third kappa shape index (κ3) is 3.92. The number of hydrogen-bond donors (Lipinski definition) is 0. The zero-order valence-corrected chi connectivity index (χ0v) is 19.4. The fraction of sp³-hybridized carbons (Fsp3) is 0.364. The SMILES string of the molecule is CCC1CN(S(=O)(=O)c2ccc3onc(C(=O)N4CCOCC4)c3c2)c2cc(Cl)ccc2O1. The van der Waals surface area contributed by atoms with Crippen molar-refractivity contribution in [1.29, 1.82) is 0 Å². The Morgan fingerprint density at radius 1 is 1.18 bits per heavy atom. The summed E-state index contributed by atoms with van der Waals surface area (Å²) in [4.78, 5) is 14.6. The van der Waals surface area contributed by atoms with Gasteiger partial charge in [-0.15, -0.1) is 0 Å². The van der Waals surface area contributed by atoms with Crippen molar-refractivity contribution in [2.45, 2.75) is 24.3 Å². The van der Waals surface area contributed by atoms with Gasteiger partial charge in [-0.25, -0.2) is 8.42 Å². The number of aromatic nitrogens is 1. The van der Waals surface area contributed by atoms with E-state index in [0.29, 0.717) is 60.2 Å². The highest BCUT2D eigenvalue weighted by Crippen LogP contribution is 2.39. The number of amides is 1. The van der Waals surface area contributed by atoms with Crippen LogP contribution in [-0.4, -0.2) is 63.3 Å². The first-order chi connectivity index (χ1) is 15.9. The number of anilines is 1. The van der Waals surface area contributed by atoms with Crippen LogP contribution in [0.2, 0.25) is 5.02 Å². The second-order valence-corrected chi connectivity index (χ2v) is 10.2. The number of ether oxygens (including phenoxy) is 2. The lowest BCUT2D eigenvalue weighted by Gasteiger charge is -2.35. The molecule has 1 aromatic heterocycles. The Labute approximate surface area is 195 Å². The molecule has 3 aromatic rings. The van der Waals surface area contributed by atoms with E-state index >= 15 is 0 Å². The highest BCUT2D eigenvalue weighted by atomic mass is 35.5. The fourth-order valence-corrected chi connectivity index (χ4v) is 5.69. The Bertz CT molecular complexity index is 1320. The lowest BCUT2D eigenvalue weighted by molar-refractivity contribution is 0.0297. The van der Waals surface area contributed by atoms with Crippen molar-refractivity contribution in [3.05, 3.63) is 47.1 Å². The Morgan fingerprint density at radius 3 is 2.73 bits per heavy atom. The number of fused-ring (bicyclic) bond motifs is 2. The third-order valence-electron chi connectivity index (χ3n) is 5.84. The van der Waals surface area contributed by atoms with Gasteiger partial charge in [0.25, 0.3) is 15.9 Å². The van der Waals surface area contributed by atoms with Crippen molar-refractivity contribution in [3.63, 3.8) is 0 Å². The Morgan fingerprint density at radius 2 is 1.97 bits per heavy atom. The molecule has 0 bridgehead atoms. The molecule has 1 unspecified atom stereocenters. The number of nitrogens with zero attached hydrogens (tertiary/aromatic N) is 3. The molecule has 174 valence electrons. The first-order valence-corrected chi connectivity index (χ1v) is 12.5. The maximum absolute atomic E-state index is 13.7. The highest BCUT2D eigenvalue weighted by molar-refractivity contribution is 7.92. The van der Waals surface area contributed by atoms with E-state index in [4.69, 9.17) is 25.6 Å². The molecule has 1 saturated heterocycles. The molecule has 11 heteroatoms. The Kier molecular flexibility index (Phi) is 5.67. The minimum Gasteiger partial charge on any atom is -0.486 e. The fourth-order valence-electron chi connectivity index (χ4n) is 4.00. The van der Waals surface area contributed by atoms with Gasteiger partial charge in [0.2, 0.25) is 0 Å². The van der Waals surface area contributed by atoms with Crippen LogP contribution in [0, 0.1) is 0 Å². The summed E-state index contributed by atoms with van der Waals surface area (Å²) in [5.41, 5.74) is 0.797. The highest BCUT2D eigenvalue weighted by Gasteiger charge is 2.35. The number of hydrogen-bond acceptors (Lipinski definition) is 7. The average molecular weight is 492 g/mol. The van der Waals surface area contributed by atoms with Crippen molar-refractivity contribution in [2.24, 2.45) is 0 Å². The molecule has 5 rings (SSSR count). The lowest BCUT2D eigenvalue weighted by Crippen LogP contribution is -2.43. The van der Waals surface area contributed by atoms with Crippen LogP contribution in [0.25, 0.3) is 11.0 Å². The minimum atomic E-state index is -3.99. The van der Waals surface area contributed by atoms with Gasteiger partial charge in [0, 0.05) is 18.1 Å². The minimum absolute atomic E-state index is 0.0249. The van der Waals surface area contributed by atoms with Crippen molar-refractivity contribution >= 4 is 44.2 Å². The van der Waals surface area contributed by atoms with Crippen LogP contribution in [0.4, 0.5) is 5.69 Å². The molecular weight excluding hydrogens is 470 g/mol. The number of rotatable bonds is 4. The molecule has 1 amide bonds. The van der Waals surface area contributed by atoms with Crippen molar-refractivity contribution in [3.8, 4) is 5.75 Å². The molecule has 9 nitrogen and oxygen atoms in total. The van der Waals surface area contributed by atoms with Crippen LogP contribution in [-0.2, 0) is 14.8 Å². The van der Waals surface area contributed by atoms with Crippen LogP contribution in [0.3, 0.4) is 0 Å².